The van der Waals surface area contributed by atoms with E-state index < -0.39 is 11.1 Å². The third kappa shape index (κ3) is 4.81. The molecule has 1 saturated heterocycles. The lowest BCUT2D eigenvalue weighted by molar-refractivity contribution is 0.242. The zero-order valence-electron chi connectivity index (χ0n) is 16.8. The molecule has 0 radical (unpaired) electrons. The minimum Gasteiger partial charge on any atom is -0.772 e. The third-order valence-electron chi connectivity index (χ3n) is 5.32. The van der Waals surface area contributed by atoms with Gasteiger partial charge in [-0.3, -0.25) is 9.11 Å². The van der Waals surface area contributed by atoms with E-state index >= 15 is 0 Å². The van der Waals surface area contributed by atoms with Crippen LogP contribution >= 0.6 is 11.3 Å². The van der Waals surface area contributed by atoms with Crippen molar-refractivity contribution >= 4 is 38.3 Å². The summed E-state index contributed by atoms with van der Waals surface area (Å²) in [6, 6.07) is 13.5. The minimum absolute atomic E-state index is 0.0195. The highest BCUT2D eigenvalue weighted by atomic mass is 32.2. The summed E-state index contributed by atoms with van der Waals surface area (Å²) >= 11 is -0.548. The molecule has 0 amide bonds. The quantitative estimate of drug-likeness (QED) is 0.558. The fourth-order valence-corrected chi connectivity index (χ4v) is 5.27. The van der Waals surface area contributed by atoms with Crippen LogP contribution in [0.25, 0.3) is 10.2 Å². The Morgan fingerprint density at radius 2 is 2.00 bits per heavy atom. The number of aromatic nitrogens is 1. The number of piperazine rings is 1. The Bertz CT molecular complexity index is 1030. The van der Waals surface area contributed by atoms with E-state index in [2.05, 4.69) is 20.9 Å². The van der Waals surface area contributed by atoms with Gasteiger partial charge in [0, 0.05) is 38.5 Å². The highest BCUT2D eigenvalue weighted by Gasteiger charge is 2.22. The van der Waals surface area contributed by atoms with Crippen LogP contribution in [0.15, 0.2) is 42.5 Å². The number of nitrogens with two attached hydrogens (primary N) is 1. The Morgan fingerprint density at radius 3 is 2.73 bits per heavy atom. The Kier molecular flexibility index (Phi) is 6.64. The Labute approximate surface area is 182 Å². The van der Waals surface area contributed by atoms with Crippen LogP contribution in [0.2, 0.25) is 0 Å². The van der Waals surface area contributed by atoms with Crippen LogP contribution in [0.4, 0.5) is 5.69 Å². The lowest BCUT2D eigenvalue weighted by Crippen LogP contribution is -2.48. The Balaban J connectivity index is 1.37. The van der Waals surface area contributed by atoms with E-state index in [0.29, 0.717) is 0 Å². The molecule has 0 aliphatic carbocycles. The zero-order chi connectivity index (χ0) is 21.1. The number of hydrogen-bond donors (Lipinski definition) is 1. The van der Waals surface area contributed by atoms with E-state index in [1.54, 1.807) is 18.4 Å². The van der Waals surface area contributed by atoms with Crippen LogP contribution in [0, 0.1) is 0 Å². The molecule has 2 heterocycles. The number of benzene rings is 2. The van der Waals surface area contributed by atoms with Crippen LogP contribution in [-0.2, 0) is 16.8 Å². The van der Waals surface area contributed by atoms with E-state index in [-0.39, 0.29) is 11.8 Å². The number of anilines is 1. The van der Waals surface area contributed by atoms with Gasteiger partial charge in [-0.25, -0.2) is 4.98 Å². The highest BCUT2D eigenvalue weighted by molar-refractivity contribution is 7.78. The molecule has 1 aliphatic heterocycles. The average Bonchev–Trinajstić information content (AvgIpc) is 3.17. The molecule has 160 valence electrons. The summed E-state index contributed by atoms with van der Waals surface area (Å²) in [6.45, 7) is 4.44. The number of methoxy groups -OCH3 is 1. The molecule has 1 aliphatic rings. The summed E-state index contributed by atoms with van der Waals surface area (Å²) in [7, 11) is 1.70. The van der Waals surface area contributed by atoms with Crippen molar-refractivity contribution in [2.24, 2.45) is 5.73 Å². The molecule has 30 heavy (non-hydrogen) atoms. The van der Waals surface area contributed by atoms with E-state index in [0.717, 1.165) is 64.9 Å². The van der Waals surface area contributed by atoms with Crippen LogP contribution in [0.5, 0.6) is 5.75 Å². The van der Waals surface area contributed by atoms with Crippen LogP contribution in [-0.4, -0.2) is 58.5 Å². The van der Waals surface area contributed by atoms with Gasteiger partial charge in [-0.1, -0.05) is 29.3 Å². The molecule has 0 bridgehead atoms. The summed E-state index contributed by atoms with van der Waals surface area (Å²) in [5.74, 6) is 0.920. The van der Waals surface area contributed by atoms with Gasteiger partial charge in [0.15, 0.2) is 0 Å². The largest absolute Gasteiger partial charge is 0.772 e. The van der Waals surface area contributed by atoms with Crippen molar-refractivity contribution in [3.63, 3.8) is 0 Å². The number of fused-ring (bicyclic) bond motifs is 1. The number of nitrogens with zero attached hydrogens (tertiary/aromatic N) is 3. The summed E-state index contributed by atoms with van der Waals surface area (Å²) in [4.78, 5) is 9.39. The summed E-state index contributed by atoms with van der Waals surface area (Å²) < 4.78 is 28.3. The Morgan fingerprint density at radius 1 is 1.23 bits per heavy atom. The predicted molar refractivity (Wildman–Crippen MR) is 121 cm³/mol. The highest BCUT2D eigenvalue weighted by Crippen LogP contribution is 2.30. The standard InChI is InChI=1S/C21H26N4O3S2/c1-28-19-5-3-2-4-18(19)25-10-8-24(9-11-25)13-16(22)21-23-17-7-6-15(14-30(26)27)12-20(17)29-21/h2-7,12,16H,8-11,13-14,22H2,1H3,(H,26,27)/p-1. The SMILES string of the molecule is COc1ccccc1N1CCN(CC(N)c2nc3ccc(CS(=O)[O-])cc3s2)CC1. The Hall–Kier alpha value is -2.04. The molecule has 9 heteroatoms. The van der Waals surface area contributed by atoms with Gasteiger partial charge in [0.05, 0.1) is 29.1 Å². The van der Waals surface area contributed by atoms with E-state index in [1.165, 1.54) is 0 Å². The summed E-state index contributed by atoms with van der Waals surface area (Å²) in [6.07, 6.45) is 0. The second-order valence-electron chi connectivity index (χ2n) is 7.37. The topological polar surface area (TPSA) is 94.8 Å². The van der Waals surface area contributed by atoms with Crippen molar-refractivity contribution in [2.45, 2.75) is 11.8 Å². The van der Waals surface area contributed by atoms with E-state index in [1.807, 2.05) is 36.4 Å². The normalized spacial score (nSPS) is 17.2. The van der Waals surface area contributed by atoms with Crippen molar-refractivity contribution < 1.29 is 13.5 Å². The second kappa shape index (κ2) is 9.40. The molecular formula is C21H25N4O3S2-. The smallest absolute Gasteiger partial charge is 0.142 e. The van der Waals surface area contributed by atoms with Gasteiger partial charge in [-0.2, -0.15) is 0 Å². The van der Waals surface area contributed by atoms with Crippen molar-refractivity contribution in [2.75, 3.05) is 44.7 Å². The fraction of sp³-hybridized carbons (Fsp3) is 0.381. The van der Waals surface area contributed by atoms with Crippen molar-refractivity contribution in [1.29, 1.82) is 0 Å². The van der Waals surface area contributed by atoms with Gasteiger partial charge in [0.25, 0.3) is 0 Å². The molecule has 2 aromatic carbocycles. The van der Waals surface area contributed by atoms with Crippen LogP contribution in [0.3, 0.4) is 0 Å². The summed E-state index contributed by atoms with van der Waals surface area (Å²) in [5, 5.41) is 0.887. The molecule has 1 fully saturated rings. The molecule has 2 unspecified atom stereocenters. The van der Waals surface area contributed by atoms with Gasteiger partial charge in [-0.15, -0.1) is 11.3 Å². The van der Waals surface area contributed by atoms with Gasteiger partial charge >= 0.3 is 0 Å². The predicted octanol–water partition coefficient (Wildman–Crippen LogP) is 2.51. The van der Waals surface area contributed by atoms with E-state index in [9.17, 15) is 8.76 Å². The average molecular weight is 446 g/mol. The molecule has 0 spiro atoms. The minimum atomic E-state index is -2.09. The second-order valence-corrected chi connectivity index (χ2v) is 9.33. The number of thiazole rings is 1. The molecule has 0 saturated carbocycles. The molecule has 7 nitrogen and oxygen atoms in total. The molecular weight excluding hydrogens is 420 g/mol. The lowest BCUT2D eigenvalue weighted by atomic mass is 10.2. The molecule has 2 N–H and O–H groups in total. The van der Waals surface area contributed by atoms with Crippen molar-refractivity contribution in [3.05, 3.63) is 53.0 Å². The number of para-hydroxylation sites is 2. The van der Waals surface area contributed by atoms with E-state index in [4.69, 9.17) is 10.5 Å². The molecule has 3 aromatic rings. The van der Waals surface area contributed by atoms with Crippen LogP contribution < -0.4 is 15.4 Å². The number of rotatable bonds is 7. The third-order valence-corrected chi connectivity index (χ3v) is 7.04. The van der Waals surface area contributed by atoms with Crippen LogP contribution in [0.1, 0.15) is 16.6 Å². The molecule has 1 aromatic heterocycles. The van der Waals surface area contributed by atoms with Gasteiger partial charge in [-0.05, 0) is 29.8 Å². The molecule has 4 rings (SSSR count). The molecule has 2 atom stereocenters. The fourth-order valence-electron chi connectivity index (χ4n) is 3.79. The van der Waals surface area contributed by atoms with Gasteiger partial charge < -0.3 is 19.9 Å². The maximum atomic E-state index is 10.9. The first-order valence-corrected chi connectivity index (χ1v) is 11.9. The summed E-state index contributed by atoms with van der Waals surface area (Å²) in [5.41, 5.74) is 9.24. The number of hydrogen-bond acceptors (Lipinski definition) is 8. The van der Waals surface area contributed by atoms with Crippen molar-refractivity contribution in [1.82, 2.24) is 9.88 Å². The van der Waals surface area contributed by atoms with Gasteiger partial charge in [0.1, 0.15) is 10.8 Å². The first-order chi connectivity index (χ1) is 14.5. The monoisotopic (exact) mass is 445 g/mol. The van der Waals surface area contributed by atoms with Gasteiger partial charge in [0.2, 0.25) is 0 Å². The maximum Gasteiger partial charge on any atom is 0.142 e. The lowest BCUT2D eigenvalue weighted by Gasteiger charge is -2.37. The first kappa shape index (κ1) is 21.2. The zero-order valence-corrected chi connectivity index (χ0v) is 18.5. The van der Waals surface area contributed by atoms with Crippen molar-refractivity contribution in [3.8, 4) is 5.75 Å². The maximum absolute atomic E-state index is 10.9. The number of ether oxygens (including phenoxy) is 1. The first-order valence-electron chi connectivity index (χ1n) is 9.84.